The number of methoxy groups -OCH3 is 1. The Kier molecular flexibility index (Phi) is 3.11. The molecule has 19 heavy (non-hydrogen) atoms. The number of aliphatic hydroxyl groups excluding tert-OH is 1. The summed E-state index contributed by atoms with van der Waals surface area (Å²) in [6.07, 6.45) is 7.19. The summed E-state index contributed by atoms with van der Waals surface area (Å²) in [5.41, 5.74) is 0.317. The molecule has 2 aliphatic carbocycles. The van der Waals surface area contributed by atoms with Crippen LogP contribution in [0.5, 0.6) is 0 Å². The minimum atomic E-state index is -0.586. The summed E-state index contributed by atoms with van der Waals surface area (Å²) in [6.45, 7) is 0. The highest BCUT2D eigenvalue weighted by atomic mass is 16.8. The van der Waals surface area contributed by atoms with E-state index in [-0.39, 0.29) is 5.76 Å². The van der Waals surface area contributed by atoms with Crippen molar-refractivity contribution in [2.75, 3.05) is 7.11 Å². The van der Waals surface area contributed by atoms with Crippen LogP contribution in [0, 0.1) is 0 Å². The molecule has 1 spiro atoms. The van der Waals surface area contributed by atoms with Crippen LogP contribution in [0.1, 0.15) is 32.1 Å². The summed E-state index contributed by atoms with van der Waals surface area (Å²) in [5.74, 6) is -1.02. The summed E-state index contributed by atoms with van der Waals surface area (Å²) < 4.78 is 16.6. The number of ether oxygens (including phenoxy) is 3. The SMILES string of the molecule is COC(=O)C1=C[C@@H]2OC3(CCCCC3)O[C@@H]2C(O)=C1. The van der Waals surface area contributed by atoms with Crippen molar-refractivity contribution < 1.29 is 24.1 Å². The number of carbonyl (C=O) groups excluding carboxylic acids is 1. The maximum absolute atomic E-state index is 11.5. The Morgan fingerprint density at radius 2 is 2.11 bits per heavy atom. The normalized spacial score (nSPS) is 32.5. The first-order chi connectivity index (χ1) is 9.13. The van der Waals surface area contributed by atoms with Crippen molar-refractivity contribution in [3.05, 3.63) is 23.5 Å². The monoisotopic (exact) mass is 266 g/mol. The van der Waals surface area contributed by atoms with Gasteiger partial charge in [-0.15, -0.1) is 0 Å². The van der Waals surface area contributed by atoms with Crippen LogP contribution in [0.2, 0.25) is 0 Å². The second-order valence-electron chi connectivity index (χ2n) is 5.28. The van der Waals surface area contributed by atoms with Gasteiger partial charge in [-0.1, -0.05) is 6.42 Å². The van der Waals surface area contributed by atoms with Gasteiger partial charge in [0, 0.05) is 12.8 Å². The molecule has 0 bridgehead atoms. The first-order valence-corrected chi connectivity index (χ1v) is 6.70. The lowest BCUT2D eigenvalue weighted by molar-refractivity contribution is -0.190. The largest absolute Gasteiger partial charge is 0.509 e. The molecule has 0 aromatic carbocycles. The Labute approximate surface area is 111 Å². The molecule has 2 atom stereocenters. The molecule has 2 fully saturated rings. The predicted molar refractivity (Wildman–Crippen MR) is 66.4 cm³/mol. The molecular weight excluding hydrogens is 248 g/mol. The van der Waals surface area contributed by atoms with E-state index in [2.05, 4.69) is 4.74 Å². The molecule has 0 amide bonds. The molecule has 1 aliphatic heterocycles. The van der Waals surface area contributed by atoms with Gasteiger partial charge in [0.25, 0.3) is 0 Å². The number of esters is 1. The summed E-state index contributed by atoms with van der Waals surface area (Å²) >= 11 is 0. The van der Waals surface area contributed by atoms with Gasteiger partial charge >= 0.3 is 5.97 Å². The lowest BCUT2D eigenvalue weighted by atomic mass is 9.94. The van der Waals surface area contributed by atoms with Crippen molar-refractivity contribution in [3.63, 3.8) is 0 Å². The van der Waals surface area contributed by atoms with Crippen LogP contribution in [-0.4, -0.2) is 36.2 Å². The van der Waals surface area contributed by atoms with Crippen molar-refractivity contribution in [2.24, 2.45) is 0 Å². The van der Waals surface area contributed by atoms with Gasteiger partial charge in [0.05, 0.1) is 12.7 Å². The predicted octanol–water partition coefficient (Wildman–Crippen LogP) is 1.99. The van der Waals surface area contributed by atoms with E-state index in [1.54, 1.807) is 6.08 Å². The number of hydrogen-bond acceptors (Lipinski definition) is 5. The van der Waals surface area contributed by atoms with Crippen molar-refractivity contribution in [2.45, 2.75) is 50.1 Å². The van der Waals surface area contributed by atoms with E-state index < -0.39 is 24.0 Å². The third kappa shape index (κ3) is 2.17. The van der Waals surface area contributed by atoms with Crippen LogP contribution < -0.4 is 0 Å². The molecule has 1 saturated carbocycles. The molecule has 1 heterocycles. The van der Waals surface area contributed by atoms with Gasteiger partial charge in [0.15, 0.2) is 5.79 Å². The highest BCUT2D eigenvalue weighted by Crippen LogP contribution is 2.43. The quantitative estimate of drug-likeness (QED) is 0.735. The molecule has 5 heteroatoms. The lowest BCUT2D eigenvalue weighted by Crippen LogP contribution is -2.33. The molecule has 1 N–H and O–H groups in total. The van der Waals surface area contributed by atoms with Crippen molar-refractivity contribution >= 4 is 5.97 Å². The van der Waals surface area contributed by atoms with Gasteiger partial charge < -0.3 is 19.3 Å². The zero-order valence-corrected chi connectivity index (χ0v) is 10.9. The van der Waals surface area contributed by atoms with Crippen LogP contribution in [0.3, 0.4) is 0 Å². The molecule has 0 radical (unpaired) electrons. The lowest BCUT2D eigenvalue weighted by Gasteiger charge is -2.31. The third-order valence-electron chi connectivity index (χ3n) is 3.97. The summed E-state index contributed by atoms with van der Waals surface area (Å²) in [5, 5.41) is 10.0. The molecular formula is C14H18O5. The summed E-state index contributed by atoms with van der Waals surface area (Å²) in [4.78, 5) is 11.5. The van der Waals surface area contributed by atoms with Gasteiger partial charge in [0.2, 0.25) is 0 Å². The zero-order chi connectivity index (χ0) is 13.5. The molecule has 0 unspecified atom stereocenters. The molecule has 0 aromatic heterocycles. The zero-order valence-electron chi connectivity index (χ0n) is 10.9. The van der Waals surface area contributed by atoms with E-state index in [0.717, 1.165) is 25.7 Å². The minimum absolute atomic E-state index is 0.0374. The number of hydrogen-bond donors (Lipinski definition) is 1. The molecule has 0 aromatic rings. The number of fused-ring (bicyclic) bond motifs is 1. The van der Waals surface area contributed by atoms with E-state index in [4.69, 9.17) is 9.47 Å². The van der Waals surface area contributed by atoms with Crippen molar-refractivity contribution in [1.82, 2.24) is 0 Å². The van der Waals surface area contributed by atoms with Crippen LogP contribution >= 0.6 is 0 Å². The summed E-state index contributed by atoms with van der Waals surface area (Å²) in [7, 11) is 1.31. The Hall–Kier alpha value is -1.33. The Bertz CT molecular complexity index is 445. The smallest absolute Gasteiger partial charge is 0.337 e. The first-order valence-electron chi connectivity index (χ1n) is 6.70. The van der Waals surface area contributed by atoms with Gasteiger partial charge in [-0.3, -0.25) is 0 Å². The van der Waals surface area contributed by atoms with Gasteiger partial charge in [-0.05, 0) is 25.0 Å². The standard InChI is InChI=1S/C14H18O5/c1-17-13(16)9-7-10(15)12-11(8-9)18-14(19-12)5-3-2-4-6-14/h7-8,11-12,15H,2-6H2,1H3/t11-,12+/m0/s1. The molecule has 104 valence electrons. The summed E-state index contributed by atoms with van der Waals surface area (Å²) in [6, 6.07) is 0. The van der Waals surface area contributed by atoms with E-state index in [1.807, 2.05) is 0 Å². The maximum Gasteiger partial charge on any atom is 0.337 e. The number of carbonyl (C=O) groups is 1. The van der Waals surface area contributed by atoms with E-state index in [0.29, 0.717) is 5.57 Å². The molecule has 3 aliphatic rings. The Balaban J connectivity index is 1.83. The van der Waals surface area contributed by atoms with E-state index in [1.165, 1.54) is 19.6 Å². The van der Waals surface area contributed by atoms with Crippen molar-refractivity contribution in [1.29, 1.82) is 0 Å². The number of rotatable bonds is 1. The highest BCUT2D eigenvalue weighted by Gasteiger charge is 2.50. The van der Waals surface area contributed by atoms with Crippen LogP contribution in [-0.2, 0) is 19.0 Å². The third-order valence-corrected chi connectivity index (χ3v) is 3.97. The van der Waals surface area contributed by atoms with E-state index in [9.17, 15) is 9.90 Å². The minimum Gasteiger partial charge on any atom is -0.509 e. The Morgan fingerprint density at radius 1 is 1.37 bits per heavy atom. The van der Waals surface area contributed by atoms with E-state index >= 15 is 0 Å². The van der Waals surface area contributed by atoms with Gasteiger partial charge in [0.1, 0.15) is 18.0 Å². The highest BCUT2D eigenvalue weighted by molar-refractivity contribution is 5.92. The topological polar surface area (TPSA) is 65.0 Å². The number of aliphatic hydroxyl groups is 1. The average molecular weight is 266 g/mol. The fraction of sp³-hybridized carbons (Fsp3) is 0.643. The molecule has 1 saturated heterocycles. The average Bonchev–Trinajstić information content (AvgIpc) is 2.77. The van der Waals surface area contributed by atoms with Crippen LogP contribution in [0.4, 0.5) is 0 Å². The van der Waals surface area contributed by atoms with Crippen LogP contribution in [0.15, 0.2) is 23.5 Å². The second-order valence-corrected chi connectivity index (χ2v) is 5.28. The first kappa shape index (κ1) is 12.7. The fourth-order valence-electron chi connectivity index (χ4n) is 3.02. The van der Waals surface area contributed by atoms with Gasteiger partial charge in [-0.25, -0.2) is 4.79 Å². The van der Waals surface area contributed by atoms with Crippen LogP contribution in [0.25, 0.3) is 0 Å². The molecule has 3 rings (SSSR count). The molecule has 5 nitrogen and oxygen atoms in total. The maximum atomic E-state index is 11.5. The van der Waals surface area contributed by atoms with Gasteiger partial charge in [-0.2, -0.15) is 0 Å². The van der Waals surface area contributed by atoms with Crippen molar-refractivity contribution in [3.8, 4) is 0 Å². The Morgan fingerprint density at radius 3 is 2.79 bits per heavy atom. The fourth-order valence-corrected chi connectivity index (χ4v) is 3.02. The second kappa shape index (κ2) is 4.65.